The number of hydrogen-bond acceptors (Lipinski definition) is 4. The van der Waals surface area contributed by atoms with E-state index in [1.807, 2.05) is 12.1 Å². The van der Waals surface area contributed by atoms with Crippen molar-refractivity contribution in [2.24, 2.45) is 0 Å². The molecule has 0 bridgehead atoms. The maximum absolute atomic E-state index is 4.89. The second-order valence-corrected chi connectivity index (χ2v) is 4.73. The summed E-state index contributed by atoms with van der Waals surface area (Å²) in [5.41, 5.74) is 0. The third-order valence-corrected chi connectivity index (χ3v) is 3.03. The van der Waals surface area contributed by atoms with Crippen LogP contribution in [0.5, 0.6) is 0 Å². The lowest BCUT2D eigenvalue weighted by molar-refractivity contribution is 0.411. The summed E-state index contributed by atoms with van der Waals surface area (Å²) in [6.07, 6.45) is 1.53. The monoisotopic (exact) mass is 256 g/mol. The van der Waals surface area contributed by atoms with Gasteiger partial charge in [-0.1, -0.05) is 11.7 Å². The third kappa shape index (κ3) is 1.71. The van der Waals surface area contributed by atoms with Crippen LogP contribution in [0.1, 0.15) is 5.89 Å². The summed E-state index contributed by atoms with van der Waals surface area (Å²) in [6, 6.07) is 3.89. The quantitative estimate of drug-likeness (QED) is 0.829. The largest absolute Gasteiger partial charge is 0.334 e. The molecule has 13 heavy (non-hydrogen) atoms. The summed E-state index contributed by atoms with van der Waals surface area (Å²) in [6.45, 7) is 3.54. The fourth-order valence-corrected chi connectivity index (χ4v) is 2.16. The minimum Gasteiger partial charge on any atom is -0.334 e. The Bertz CT molecular complexity index is 435. The van der Waals surface area contributed by atoms with Gasteiger partial charge in [0.15, 0.2) is 0 Å². The zero-order valence-electron chi connectivity index (χ0n) is 6.53. The average molecular weight is 257 g/mol. The molecule has 0 aliphatic heterocycles. The normalized spacial score (nSPS) is 10.2. The van der Waals surface area contributed by atoms with Gasteiger partial charge in [-0.05, 0) is 34.1 Å². The maximum Gasteiger partial charge on any atom is 0.250 e. The smallest absolute Gasteiger partial charge is 0.250 e. The van der Waals surface area contributed by atoms with Gasteiger partial charge < -0.3 is 4.52 Å². The lowest BCUT2D eigenvalue weighted by Crippen LogP contribution is -1.73. The highest BCUT2D eigenvalue weighted by Gasteiger charge is 2.07. The molecule has 0 N–H and O–H groups in total. The van der Waals surface area contributed by atoms with Gasteiger partial charge >= 0.3 is 0 Å². The Balaban J connectivity index is 2.40. The predicted molar refractivity (Wildman–Crippen MR) is 55.4 cm³/mol. The summed E-state index contributed by atoms with van der Waals surface area (Å²) in [5, 5.41) is 3.80. The zero-order chi connectivity index (χ0) is 9.26. The van der Waals surface area contributed by atoms with E-state index in [0.29, 0.717) is 11.7 Å². The molecule has 66 valence electrons. The van der Waals surface area contributed by atoms with Crippen molar-refractivity contribution in [3.05, 3.63) is 28.4 Å². The summed E-state index contributed by atoms with van der Waals surface area (Å²) >= 11 is 4.93. The van der Waals surface area contributed by atoms with E-state index in [-0.39, 0.29) is 0 Å². The zero-order valence-corrected chi connectivity index (χ0v) is 8.93. The maximum atomic E-state index is 4.89. The molecule has 0 unspecified atom stereocenters. The SMILES string of the molecule is C=Cc1nc(-c2ccc(Br)s2)no1. The summed E-state index contributed by atoms with van der Waals surface area (Å²) < 4.78 is 5.94. The van der Waals surface area contributed by atoms with E-state index >= 15 is 0 Å². The molecular formula is C8H5BrN2OS. The van der Waals surface area contributed by atoms with Crippen LogP contribution in [-0.4, -0.2) is 10.1 Å². The minimum absolute atomic E-state index is 0.444. The molecule has 2 rings (SSSR count). The Morgan fingerprint density at radius 2 is 2.38 bits per heavy atom. The molecule has 5 heteroatoms. The highest BCUT2D eigenvalue weighted by molar-refractivity contribution is 9.11. The van der Waals surface area contributed by atoms with E-state index in [0.717, 1.165) is 8.66 Å². The number of nitrogens with zero attached hydrogens (tertiary/aromatic N) is 2. The van der Waals surface area contributed by atoms with Crippen LogP contribution in [0.3, 0.4) is 0 Å². The van der Waals surface area contributed by atoms with E-state index in [1.165, 1.54) is 6.08 Å². The first kappa shape index (κ1) is 8.65. The molecule has 0 aliphatic rings. The van der Waals surface area contributed by atoms with Gasteiger partial charge in [0.25, 0.3) is 0 Å². The summed E-state index contributed by atoms with van der Waals surface area (Å²) in [7, 11) is 0. The van der Waals surface area contributed by atoms with Crippen LogP contribution < -0.4 is 0 Å². The molecule has 0 aliphatic carbocycles. The Hall–Kier alpha value is -0.940. The fraction of sp³-hybridized carbons (Fsp3) is 0. The topological polar surface area (TPSA) is 38.9 Å². The van der Waals surface area contributed by atoms with Gasteiger partial charge in [0.2, 0.25) is 11.7 Å². The molecule has 0 aromatic carbocycles. The van der Waals surface area contributed by atoms with Crippen LogP contribution in [0.2, 0.25) is 0 Å². The van der Waals surface area contributed by atoms with Crippen molar-refractivity contribution in [3.8, 4) is 10.7 Å². The lowest BCUT2D eigenvalue weighted by Gasteiger charge is -1.81. The van der Waals surface area contributed by atoms with Crippen molar-refractivity contribution in [3.63, 3.8) is 0 Å². The van der Waals surface area contributed by atoms with Gasteiger partial charge in [0.1, 0.15) is 0 Å². The van der Waals surface area contributed by atoms with E-state index in [1.54, 1.807) is 11.3 Å². The molecule has 0 spiro atoms. The third-order valence-electron chi connectivity index (χ3n) is 1.41. The van der Waals surface area contributed by atoms with Gasteiger partial charge in [0.05, 0.1) is 8.66 Å². The van der Waals surface area contributed by atoms with Crippen molar-refractivity contribution in [1.82, 2.24) is 10.1 Å². The van der Waals surface area contributed by atoms with Crippen molar-refractivity contribution in [2.75, 3.05) is 0 Å². The van der Waals surface area contributed by atoms with Crippen LogP contribution in [0.4, 0.5) is 0 Å². The van der Waals surface area contributed by atoms with Crippen LogP contribution >= 0.6 is 27.3 Å². The van der Waals surface area contributed by atoms with Crippen LogP contribution in [0.25, 0.3) is 16.8 Å². The van der Waals surface area contributed by atoms with Crippen LogP contribution in [0.15, 0.2) is 27.0 Å². The van der Waals surface area contributed by atoms with Gasteiger partial charge in [-0.3, -0.25) is 0 Å². The van der Waals surface area contributed by atoms with Gasteiger partial charge in [-0.25, -0.2) is 0 Å². The molecule has 2 heterocycles. The van der Waals surface area contributed by atoms with Crippen molar-refractivity contribution < 1.29 is 4.52 Å². The predicted octanol–water partition coefficient (Wildman–Crippen LogP) is 3.20. The number of thiophene rings is 1. The standard InChI is InChI=1S/C8H5BrN2OS/c1-2-7-10-8(11-12-7)5-3-4-6(9)13-5/h2-4H,1H2. The van der Waals surface area contributed by atoms with Crippen molar-refractivity contribution in [1.29, 1.82) is 0 Å². The number of halogens is 1. The molecule has 2 aromatic rings. The highest BCUT2D eigenvalue weighted by Crippen LogP contribution is 2.29. The first-order valence-corrected chi connectivity index (χ1v) is 5.12. The summed E-state index contributed by atoms with van der Waals surface area (Å²) in [4.78, 5) is 5.08. The molecular weight excluding hydrogens is 252 g/mol. The van der Waals surface area contributed by atoms with Crippen LogP contribution in [-0.2, 0) is 0 Å². The lowest BCUT2D eigenvalue weighted by atomic mass is 10.4. The van der Waals surface area contributed by atoms with E-state index in [4.69, 9.17) is 4.52 Å². The minimum atomic E-state index is 0.444. The Morgan fingerprint density at radius 3 is 2.92 bits per heavy atom. The van der Waals surface area contributed by atoms with E-state index < -0.39 is 0 Å². The highest BCUT2D eigenvalue weighted by atomic mass is 79.9. The fourth-order valence-electron chi connectivity index (χ4n) is 0.853. The molecule has 0 saturated carbocycles. The Kier molecular flexibility index (Phi) is 2.28. The number of rotatable bonds is 2. The molecule has 0 fully saturated rings. The summed E-state index contributed by atoms with van der Waals surface area (Å²) in [5.74, 6) is 1.05. The van der Waals surface area contributed by atoms with Crippen molar-refractivity contribution >= 4 is 33.3 Å². The number of aromatic nitrogens is 2. The molecule has 0 atom stereocenters. The van der Waals surface area contributed by atoms with Crippen molar-refractivity contribution in [2.45, 2.75) is 0 Å². The molecule has 0 radical (unpaired) electrons. The average Bonchev–Trinajstić information content (AvgIpc) is 2.71. The molecule has 3 nitrogen and oxygen atoms in total. The van der Waals surface area contributed by atoms with E-state index in [2.05, 4.69) is 32.6 Å². The van der Waals surface area contributed by atoms with Crippen LogP contribution in [0, 0.1) is 0 Å². The van der Waals surface area contributed by atoms with Gasteiger partial charge in [-0.15, -0.1) is 11.3 Å². The Morgan fingerprint density at radius 1 is 1.54 bits per heavy atom. The number of hydrogen-bond donors (Lipinski definition) is 0. The second-order valence-electron chi connectivity index (χ2n) is 2.26. The first-order chi connectivity index (χ1) is 6.29. The van der Waals surface area contributed by atoms with Gasteiger partial charge in [-0.2, -0.15) is 4.98 Å². The Labute approximate surface area is 87.2 Å². The molecule has 2 aromatic heterocycles. The molecule has 0 saturated heterocycles. The first-order valence-electron chi connectivity index (χ1n) is 3.51. The van der Waals surface area contributed by atoms with Gasteiger partial charge in [0, 0.05) is 0 Å². The second kappa shape index (κ2) is 3.43. The van der Waals surface area contributed by atoms with E-state index in [9.17, 15) is 0 Å². The molecule has 0 amide bonds.